The van der Waals surface area contributed by atoms with Crippen LogP contribution in [0, 0.1) is 0 Å². The number of nitrogens with zero attached hydrogens (tertiary/aromatic N) is 1. The van der Waals surface area contributed by atoms with Gasteiger partial charge in [-0.2, -0.15) is 0 Å². The number of carbonyl (C=O) groups is 1. The highest BCUT2D eigenvalue weighted by Crippen LogP contribution is 2.25. The van der Waals surface area contributed by atoms with E-state index in [2.05, 4.69) is 0 Å². The Bertz CT molecular complexity index is 210. The third kappa shape index (κ3) is 2.20. The van der Waals surface area contributed by atoms with Crippen molar-refractivity contribution < 1.29 is 4.79 Å². The van der Waals surface area contributed by atoms with Crippen molar-refractivity contribution in [3.63, 3.8) is 0 Å². The number of hydrogen-bond acceptors (Lipinski definition) is 2. The van der Waals surface area contributed by atoms with E-state index in [0.29, 0.717) is 6.04 Å². The van der Waals surface area contributed by atoms with Crippen LogP contribution in [-0.2, 0) is 4.79 Å². The van der Waals surface area contributed by atoms with Gasteiger partial charge in [-0.15, -0.1) is 12.4 Å². The van der Waals surface area contributed by atoms with Crippen LogP contribution in [0.1, 0.15) is 38.5 Å². The molecule has 0 radical (unpaired) electrons. The van der Waals surface area contributed by atoms with Crippen molar-refractivity contribution in [3.05, 3.63) is 0 Å². The molecular formula is C10H19ClN2O. The average molecular weight is 219 g/mol. The van der Waals surface area contributed by atoms with Crippen LogP contribution in [0.15, 0.2) is 0 Å². The SMILES string of the molecule is Cl.NC1CCC[C@H]2CCCCN2C1=O. The van der Waals surface area contributed by atoms with Crippen molar-refractivity contribution in [1.82, 2.24) is 4.90 Å². The molecule has 2 aliphatic rings. The van der Waals surface area contributed by atoms with Gasteiger partial charge < -0.3 is 10.6 Å². The van der Waals surface area contributed by atoms with Crippen molar-refractivity contribution in [2.45, 2.75) is 50.6 Å². The molecule has 0 aromatic heterocycles. The van der Waals surface area contributed by atoms with E-state index in [-0.39, 0.29) is 24.4 Å². The quantitative estimate of drug-likeness (QED) is 0.666. The molecule has 2 rings (SSSR count). The van der Waals surface area contributed by atoms with Gasteiger partial charge in [0.25, 0.3) is 0 Å². The third-order valence-electron chi connectivity index (χ3n) is 3.28. The van der Waals surface area contributed by atoms with Gasteiger partial charge in [0.1, 0.15) is 0 Å². The van der Waals surface area contributed by atoms with E-state index < -0.39 is 0 Å². The summed E-state index contributed by atoms with van der Waals surface area (Å²) in [5.41, 5.74) is 5.79. The molecule has 82 valence electrons. The molecule has 2 atom stereocenters. The number of rotatable bonds is 0. The highest BCUT2D eigenvalue weighted by Gasteiger charge is 2.32. The third-order valence-corrected chi connectivity index (χ3v) is 3.28. The molecule has 14 heavy (non-hydrogen) atoms. The molecular weight excluding hydrogens is 200 g/mol. The minimum atomic E-state index is -0.219. The zero-order chi connectivity index (χ0) is 9.26. The smallest absolute Gasteiger partial charge is 0.239 e. The van der Waals surface area contributed by atoms with E-state index in [1.54, 1.807) is 0 Å². The first-order chi connectivity index (χ1) is 6.29. The maximum absolute atomic E-state index is 11.8. The molecule has 0 bridgehead atoms. The minimum Gasteiger partial charge on any atom is -0.338 e. The summed E-state index contributed by atoms with van der Waals surface area (Å²) in [6.45, 7) is 0.942. The van der Waals surface area contributed by atoms with Gasteiger partial charge >= 0.3 is 0 Å². The highest BCUT2D eigenvalue weighted by atomic mass is 35.5. The zero-order valence-electron chi connectivity index (χ0n) is 8.45. The lowest BCUT2D eigenvalue weighted by Crippen LogP contribution is -2.48. The van der Waals surface area contributed by atoms with Crippen LogP contribution in [0.4, 0.5) is 0 Å². The summed E-state index contributed by atoms with van der Waals surface area (Å²) >= 11 is 0. The molecule has 0 aliphatic carbocycles. The zero-order valence-corrected chi connectivity index (χ0v) is 9.26. The van der Waals surface area contributed by atoms with Crippen LogP contribution in [0.3, 0.4) is 0 Å². The molecule has 1 unspecified atom stereocenters. The lowest BCUT2D eigenvalue weighted by molar-refractivity contribution is -0.135. The molecule has 2 N–H and O–H groups in total. The van der Waals surface area contributed by atoms with Crippen LogP contribution in [0.2, 0.25) is 0 Å². The number of halogens is 1. The largest absolute Gasteiger partial charge is 0.338 e. The first-order valence-electron chi connectivity index (χ1n) is 5.35. The van der Waals surface area contributed by atoms with Gasteiger partial charge in [-0.3, -0.25) is 4.79 Å². The minimum absolute atomic E-state index is 0. The molecule has 0 aromatic carbocycles. The summed E-state index contributed by atoms with van der Waals surface area (Å²) in [5, 5.41) is 0. The van der Waals surface area contributed by atoms with E-state index in [0.717, 1.165) is 25.8 Å². The summed E-state index contributed by atoms with van der Waals surface area (Å²) in [6, 6.07) is 0.290. The molecule has 0 aromatic rings. The number of fused-ring (bicyclic) bond motifs is 1. The average Bonchev–Trinajstić information content (AvgIpc) is 2.29. The van der Waals surface area contributed by atoms with Crippen molar-refractivity contribution in [1.29, 1.82) is 0 Å². The Morgan fingerprint density at radius 1 is 1.14 bits per heavy atom. The first-order valence-corrected chi connectivity index (χ1v) is 5.35. The Kier molecular flexibility index (Phi) is 4.20. The number of hydrogen-bond donors (Lipinski definition) is 1. The molecule has 2 fully saturated rings. The van der Waals surface area contributed by atoms with Gasteiger partial charge in [0, 0.05) is 12.6 Å². The van der Waals surface area contributed by atoms with Crippen molar-refractivity contribution in [2.75, 3.05) is 6.54 Å². The molecule has 2 saturated heterocycles. The van der Waals surface area contributed by atoms with E-state index >= 15 is 0 Å². The van der Waals surface area contributed by atoms with Crippen molar-refractivity contribution in [3.8, 4) is 0 Å². The first kappa shape index (κ1) is 11.8. The monoisotopic (exact) mass is 218 g/mol. The number of piperidine rings is 1. The second-order valence-electron chi connectivity index (χ2n) is 4.22. The van der Waals surface area contributed by atoms with E-state index in [4.69, 9.17) is 5.73 Å². The standard InChI is InChI=1S/C10H18N2O.ClH/c11-9-6-3-5-8-4-1-2-7-12(8)10(9)13;/h8-9H,1-7,11H2;1H/t8-,9?;/m1./s1. The maximum Gasteiger partial charge on any atom is 0.239 e. The van der Waals surface area contributed by atoms with Crippen LogP contribution in [0.25, 0.3) is 0 Å². The number of carbonyl (C=O) groups excluding carboxylic acids is 1. The normalized spacial score (nSPS) is 32.9. The molecule has 0 saturated carbocycles. The second kappa shape index (κ2) is 4.99. The molecule has 2 heterocycles. The Hall–Kier alpha value is -0.280. The maximum atomic E-state index is 11.8. The van der Waals surface area contributed by atoms with Gasteiger partial charge in [-0.1, -0.05) is 0 Å². The molecule has 0 spiro atoms. The van der Waals surface area contributed by atoms with Gasteiger partial charge in [0.2, 0.25) is 5.91 Å². The summed E-state index contributed by atoms with van der Waals surface area (Å²) in [5.74, 6) is 0.196. The lowest BCUT2D eigenvalue weighted by Gasteiger charge is -2.35. The lowest BCUT2D eigenvalue weighted by atomic mass is 9.99. The predicted molar refractivity (Wildman–Crippen MR) is 58.4 cm³/mol. The number of amides is 1. The van der Waals surface area contributed by atoms with Crippen molar-refractivity contribution in [2.24, 2.45) is 5.73 Å². The molecule has 4 heteroatoms. The van der Waals surface area contributed by atoms with Gasteiger partial charge in [-0.05, 0) is 38.5 Å². The Morgan fingerprint density at radius 2 is 1.86 bits per heavy atom. The Balaban J connectivity index is 0.000000980. The van der Waals surface area contributed by atoms with E-state index in [1.165, 1.54) is 19.3 Å². The highest BCUT2D eigenvalue weighted by molar-refractivity contribution is 5.85. The molecule has 1 amide bonds. The van der Waals surface area contributed by atoms with Crippen LogP contribution < -0.4 is 5.73 Å². The predicted octanol–water partition coefficient (Wildman–Crippen LogP) is 1.30. The topological polar surface area (TPSA) is 46.3 Å². The summed E-state index contributed by atoms with van der Waals surface area (Å²) in [7, 11) is 0. The van der Waals surface area contributed by atoms with Crippen LogP contribution in [-0.4, -0.2) is 29.4 Å². The summed E-state index contributed by atoms with van der Waals surface area (Å²) < 4.78 is 0. The number of nitrogens with two attached hydrogens (primary N) is 1. The molecule has 2 aliphatic heterocycles. The fourth-order valence-corrected chi connectivity index (χ4v) is 2.50. The van der Waals surface area contributed by atoms with Gasteiger partial charge in [0.05, 0.1) is 6.04 Å². The second-order valence-corrected chi connectivity index (χ2v) is 4.22. The fraction of sp³-hybridized carbons (Fsp3) is 0.900. The van der Waals surface area contributed by atoms with Crippen LogP contribution >= 0.6 is 12.4 Å². The Morgan fingerprint density at radius 3 is 2.64 bits per heavy atom. The van der Waals surface area contributed by atoms with E-state index in [1.807, 2.05) is 4.90 Å². The van der Waals surface area contributed by atoms with Crippen LogP contribution in [0.5, 0.6) is 0 Å². The van der Waals surface area contributed by atoms with Gasteiger partial charge in [0.15, 0.2) is 0 Å². The van der Waals surface area contributed by atoms with Gasteiger partial charge in [-0.25, -0.2) is 0 Å². The molecule has 3 nitrogen and oxygen atoms in total. The van der Waals surface area contributed by atoms with E-state index in [9.17, 15) is 4.79 Å². The summed E-state index contributed by atoms with van der Waals surface area (Å²) in [4.78, 5) is 13.8. The van der Waals surface area contributed by atoms with Crippen molar-refractivity contribution >= 4 is 18.3 Å². The fourth-order valence-electron chi connectivity index (χ4n) is 2.50. The Labute approximate surface area is 91.4 Å². The summed E-state index contributed by atoms with van der Waals surface area (Å²) in [6.07, 6.45) is 6.80.